The Bertz CT molecular complexity index is 639. The van der Waals surface area contributed by atoms with Crippen LogP contribution in [0.4, 0.5) is 15.8 Å². The number of aliphatic hydroxyl groups is 1. The van der Waals surface area contributed by atoms with Gasteiger partial charge in [0.25, 0.3) is 0 Å². The first-order chi connectivity index (χ1) is 9.58. The Hall–Kier alpha value is -1.87. The Morgan fingerprint density at radius 2 is 1.95 bits per heavy atom. The van der Waals surface area contributed by atoms with Gasteiger partial charge in [0.15, 0.2) is 0 Å². The minimum atomic E-state index is -0.694. The molecule has 2 aromatic carbocycles. The van der Waals surface area contributed by atoms with Crippen LogP contribution in [0.1, 0.15) is 31.1 Å². The normalized spacial score (nSPS) is 19.0. The third-order valence-corrected chi connectivity index (χ3v) is 3.91. The molecule has 0 spiro atoms. The highest BCUT2D eigenvalue weighted by Gasteiger charge is 2.29. The van der Waals surface area contributed by atoms with Gasteiger partial charge in [-0.1, -0.05) is 18.2 Å². The average Bonchev–Trinajstić information content (AvgIpc) is 2.74. The number of fused-ring (bicyclic) bond motifs is 1. The van der Waals surface area contributed by atoms with Crippen molar-refractivity contribution in [3.63, 3.8) is 0 Å². The summed E-state index contributed by atoms with van der Waals surface area (Å²) in [5.74, 6) is -0.315. The summed E-state index contributed by atoms with van der Waals surface area (Å²) >= 11 is 0. The zero-order chi connectivity index (χ0) is 14.3. The quantitative estimate of drug-likeness (QED) is 0.893. The van der Waals surface area contributed by atoms with E-state index in [1.54, 1.807) is 13.0 Å². The summed E-state index contributed by atoms with van der Waals surface area (Å²) in [5.41, 5.74) is 3.96. The second kappa shape index (κ2) is 4.91. The fourth-order valence-corrected chi connectivity index (χ4v) is 3.01. The summed E-state index contributed by atoms with van der Waals surface area (Å²) in [6.07, 6.45) is 0.271. The number of para-hydroxylation sites is 1. The topological polar surface area (TPSA) is 23.5 Å². The molecule has 2 atom stereocenters. The van der Waals surface area contributed by atoms with Crippen LogP contribution in [0.5, 0.6) is 0 Å². The average molecular weight is 271 g/mol. The standard InChI is InChI=1S/C17H18FNO/c1-11-9-13-5-3-4-6-16(13)19(11)17-8-7-14(18)10-15(17)12(2)20/h3-8,10-12,20H,9H2,1-2H3/t11?,12-/m1/s1. The van der Waals surface area contributed by atoms with Gasteiger partial charge < -0.3 is 10.0 Å². The van der Waals surface area contributed by atoms with Gasteiger partial charge in [0.2, 0.25) is 0 Å². The molecular formula is C17H18FNO. The Kier molecular flexibility index (Phi) is 3.22. The molecule has 0 aliphatic carbocycles. The summed E-state index contributed by atoms with van der Waals surface area (Å²) in [4.78, 5) is 2.19. The smallest absolute Gasteiger partial charge is 0.123 e. The van der Waals surface area contributed by atoms with Crippen molar-refractivity contribution in [2.24, 2.45) is 0 Å². The number of halogens is 1. The lowest BCUT2D eigenvalue weighted by Crippen LogP contribution is -2.25. The molecular weight excluding hydrogens is 253 g/mol. The Morgan fingerprint density at radius 3 is 2.70 bits per heavy atom. The molecule has 0 saturated carbocycles. The van der Waals surface area contributed by atoms with Crippen molar-refractivity contribution in [2.45, 2.75) is 32.4 Å². The zero-order valence-corrected chi connectivity index (χ0v) is 11.7. The van der Waals surface area contributed by atoms with E-state index in [1.165, 1.54) is 17.7 Å². The lowest BCUT2D eigenvalue weighted by Gasteiger charge is -2.28. The van der Waals surface area contributed by atoms with Crippen molar-refractivity contribution in [3.8, 4) is 0 Å². The molecule has 2 aromatic rings. The molecule has 1 aliphatic rings. The van der Waals surface area contributed by atoms with E-state index in [9.17, 15) is 9.50 Å². The van der Waals surface area contributed by atoms with Gasteiger partial charge in [0.05, 0.1) is 6.10 Å². The van der Waals surface area contributed by atoms with Crippen molar-refractivity contribution in [2.75, 3.05) is 4.90 Å². The first-order valence-corrected chi connectivity index (χ1v) is 6.92. The summed E-state index contributed by atoms with van der Waals surface area (Å²) in [6, 6.07) is 13.2. The van der Waals surface area contributed by atoms with Gasteiger partial charge in [-0.25, -0.2) is 4.39 Å². The molecule has 0 radical (unpaired) electrons. The first kappa shape index (κ1) is 13.1. The molecule has 0 fully saturated rings. The molecule has 2 nitrogen and oxygen atoms in total. The molecule has 0 amide bonds. The molecule has 1 unspecified atom stereocenters. The molecule has 0 saturated heterocycles. The number of benzene rings is 2. The van der Waals surface area contributed by atoms with E-state index in [4.69, 9.17) is 0 Å². The van der Waals surface area contributed by atoms with E-state index in [2.05, 4.69) is 24.0 Å². The van der Waals surface area contributed by atoms with Crippen LogP contribution in [-0.2, 0) is 6.42 Å². The molecule has 104 valence electrons. The van der Waals surface area contributed by atoms with E-state index in [0.717, 1.165) is 17.8 Å². The summed E-state index contributed by atoms with van der Waals surface area (Å²) in [5, 5.41) is 9.93. The van der Waals surface area contributed by atoms with Crippen molar-refractivity contribution < 1.29 is 9.50 Å². The first-order valence-electron chi connectivity index (χ1n) is 6.92. The van der Waals surface area contributed by atoms with Gasteiger partial charge in [-0.05, 0) is 50.1 Å². The Morgan fingerprint density at radius 1 is 1.20 bits per heavy atom. The monoisotopic (exact) mass is 271 g/mol. The maximum atomic E-state index is 13.5. The minimum absolute atomic E-state index is 0.301. The lowest BCUT2D eigenvalue weighted by atomic mass is 10.1. The highest BCUT2D eigenvalue weighted by molar-refractivity contribution is 5.73. The molecule has 1 N–H and O–H groups in total. The predicted octanol–water partition coefficient (Wildman–Crippen LogP) is 3.96. The SMILES string of the molecule is CC1Cc2ccccc2N1c1ccc(F)cc1[C@@H](C)O. The fraction of sp³-hybridized carbons (Fsp3) is 0.294. The van der Waals surface area contributed by atoms with Crippen LogP contribution in [0.3, 0.4) is 0 Å². The maximum absolute atomic E-state index is 13.5. The number of hydrogen-bond acceptors (Lipinski definition) is 2. The fourth-order valence-electron chi connectivity index (χ4n) is 3.01. The molecule has 3 heteroatoms. The molecule has 0 bridgehead atoms. The van der Waals surface area contributed by atoms with Gasteiger partial charge >= 0.3 is 0 Å². The van der Waals surface area contributed by atoms with Crippen molar-refractivity contribution in [1.82, 2.24) is 0 Å². The second-order valence-electron chi connectivity index (χ2n) is 5.43. The molecule has 1 heterocycles. The number of aliphatic hydroxyl groups excluding tert-OH is 1. The highest BCUT2D eigenvalue weighted by atomic mass is 19.1. The van der Waals surface area contributed by atoms with E-state index >= 15 is 0 Å². The van der Waals surface area contributed by atoms with E-state index in [0.29, 0.717) is 11.6 Å². The second-order valence-corrected chi connectivity index (χ2v) is 5.43. The number of anilines is 2. The summed E-state index contributed by atoms with van der Waals surface area (Å²) < 4.78 is 13.5. The van der Waals surface area contributed by atoms with Crippen molar-refractivity contribution >= 4 is 11.4 Å². The van der Waals surface area contributed by atoms with Crippen LogP contribution in [0.25, 0.3) is 0 Å². The van der Waals surface area contributed by atoms with E-state index < -0.39 is 6.10 Å². The van der Waals surface area contributed by atoms with Crippen LogP contribution in [0, 0.1) is 5.82 Å². The predicted molar refractivity (Wildman–Crippen MR) is 78.8 cm³/mol. The van der Waals surface area contributed by atoms with E-state index in [1.807, 2.05) is 12.1 Å². The molecule has 1 aliphatic heterocycles. The van der Waals surface area contributed by atoms with Crippen molar-refractivity contribution in [3.05, 3.63) is 59.4 Å². The minimum Gasteiger partial charge on any atom is -0.389 e. The maximum Gasteiger partial charge on any atom is 0.123 e. The van der Waals surface area contributed by atoms with E-state index in [-0.39, 0.29) is 5.82 Å². The van der Waals surface area contributed by atoms with Gasteiger partial charge in [-0.2, -0.15) is 0 Å². The van der Waals surface area contributed by atoms with Crippen molar-refractivity contribution in [1.29, 1.82) is 0 Å². The zero-order valence-electron chi connectivity index (χ0n) is 11.7. The number of nitrogens with zero attached hydrogens (tertiary/aromatic N) is 1. The largest absolute Gasteiger partial charge is 0.389 e. The van der Waals surface area contributed by atoms with Gasteiger partial charge in [0, 0.05) is 23.0 Å². The number of hydrogen-bond donors (Lipinski definition) is 1. The Labute approximate surface area is 118 Å². The Balaban J connectivity index is 2.14. The van der Waals surface area contributed by atoms with Crippen LogP contribution < -0.4 is 4.90 Å². The number of rotatable bonds is 2. The van der Waals surface area contributed by atoms with Gasteiger partial charge in [-0.3, -0.25) is 0 Å². The highest BCUT2D eigenvalue weighted by Crippen LogP contribution is 2.41. The van der Waals surface area contributed by atoms with Gasteiger partial charge in [0.1, 0.15) is 5.82 Å². The summed E-state index contributed by atoms with van der Waals surface area (Å²) in [7, 11) is 0. The molecule has 3 rings (SSSR count). The summed E-state index contributed by atoms with van der Waals surface area (Å²) in [6.45, 7) is 3.82. The molecule has 0 aromatic heterocycles. The molecule has 20 heavy (non-hydrogen) atoms. The van der Waals surface area contributed by atoms with Crippen LogP contribution in [0.15, 0.2) is 42.5 Å². The van der Waals surface area contributed by atoms with Crippen LogP contribution in [-0.4, -0.2) is 11.1 Å². The van der Waals surface area contributed by atoms with Crippen LogP contribution >= 0.6 is 0 Å². The van der Waals surface area contributed by atoms with Crippen LogP contribution in [0.2, 0.25) is 0 Å². The third kappa shape index (κ3) is 2.08. The lowest BCUT2D eigenvalue weighted by molar-refractivity contribution is 0.199. The third-order valence-electron chi connectivity index (χ3n) is 3.91. The van der Waals surface area contributed by atoms with Gasteiger partial charge in [-0.15, -0.1) is 0 Å².